The van der Waals surface area contributed by atoms with Crippen molar-refractivity contribution in [2.24, 2.45) is 22.5 Å². The van der Waals surface area contributed by atoms with Crippen molar-refractivity contribution in [3.8, 4) is 0 Å². The zero-order valence-electron chi connectivity index (χ0n) is 11.4. The summed E-state index contributed by atoms with van der Waals surface area (Å²) in [5, 5.41) is 0. The molecule has 2 bridgehead atoms. The van der Waals surface area contributed by atoms with Crippen molar-refractivity contribution in [1.29, 1.82) is 0 Å². The Kier molecular flexibility index (Phi) is 2.59. The molecular formula is C14H26N2O. The van der Waals surface area contributed by atoms with Gasteiger partial charge in [0.25, 0.3) is 0 Å². The van der Waals surface area contributed by atoms with Crippen molar-refractivity contribution >= 4 is 0 Å². The van der Waals surface area contributed by atoms with Crippen molar-refractivity contribution in [2.45, 2.75) is 45.7 Å². The zero-order valence-corrected chi connectivity index (χ0v) is 11.4. The van der Waals surface area contributed by atoms with Crippen LogP contribution in [0.1, 0.15) is 33.6 Å². The van der Waals surface area contributed by atoms with E-state index in [1.165, 1.54) is 12.8 Å². The highest BCUT2D eigenvalue weighted by atomic mass is 16.5. The monoisotopic (exact) mass is 238 g/mol. The summed E-state index contributed by atoms with van der Waals surface area (Å²) < 4.78 is 5.47. The lowest BCUT2D eigenvalue weighted by atomic mass is 9.69. The van der Waals surface area contributed by atoms with Gasteiger partial charge in [0.1, 0.15) is 0 Å². The van der Waals surface area contributed by atoms with E-state index in [4.69, 9.17) is 10.5 Å². The fourth-order valence-corrected chi connectivity index (χ4v) is 4.74. The van der Waals surface area contributed by atoms with E-state index >= 15 is 0 Å². The first-order valence-corrected chi connectivity index (χ1v) is 7.06. The maximum absolute atomic E-state index is 6.62. The van der Waals surface area contributed by atoms with Gasteiger partial charge in [0.05, 0.1) is 13.2 Å². The average molecular weight is 238 g/mol. The molecule has 1 saturated heterocycles. The van der Waals surface area contributed by atoms with E-state index in [0.29, 0.717) is 22.9 Å². The second-order valence-corrected chi connectivity index (χ2v) is 6.95. The minimum Gasteiger partial charge on any atom is -0.379 e. The molecule has 3 fully saturated rings. The molecule has 0 radical (unpaired) electrons. The highest BCUT2D eigenvalue weighted by Gasteiger charge is 2.65. The van der Waals surface area contributed by atoms with Crippen molar-refractivity contribution in [3.63, 3.8) is 0 Å². The van der Waals surface area contributed by atoms with Crippen LogP contribution >= 0.6 is 0 Å². The van der Waals surface area contributed by atoms with Gasteiger partial charge in [-0.1, -0.05) is 20.8 Å². The van der Waals surface area contributed by atoms with Crippen LogP contribution in [0.4, 0.5) is 0 Å². The molecular weight excluding hydrogens is 212 g/mol. The van der Waals surface area contributed by atoms with Gasteiger partial charge in [0.15, 0.2) is 0 Å². The van der Waals surface area contributed by atoms with Gasteiger partial charge in [0, 0.05) is 25.2 Å². The molecule has 2 aliphatic carbocycles. The van der Waals surface area contributed by atoms with Gasteiger partial charge in [-0.3, -0.25) is 4.90 Å². The minimum absolute atomic E-state index is 0.334. The first-order valence-electron chi connectivity index (χ1n) is 7.06. The summed E-state index contributed by atoms with van der Waals surface area (Å²) in [5.41, 5.74) is 7.35. The molecule has 98 valence electrons. The number of hydrogen-bond donors (Lipinski definition) is 1. The average Bonchev–Trinajstić information content (AvgIpc) is 2.62. The van der Waals surface area contributed by atoms with Crippen LogP contribution in [0, 0.1) is 16.7 Å². The number of rotatable bonds is 1. The Labute approximate surface area is 105 Å². The molecule has 0 aromatic heterocycles. The molecule has 0 aromatic rings. The van der Waals surface area contributed by atoms with Crippen LogP contribution in [-0.4, -0.2) is 43.3 Å². The second-order valence-electron chi connectivity index (χ2n) is 6.95. The molecule has 0 spiro atoms. The number of morpholine rings is 1. The van der Waals surface area contributed by atoms with Crippen LogP contribution in [0.3, 0.4) is 0 Å². The molecule has 2 N–H and O–H groups in total. The lowest BCUT2D eigenvalue weighted by molar-refractivity contribution is -0.00543. The van der Waals surface area contributed by atoms with Crippen LogP contribution in [0.25, 0.3) is 0 Å². The molecule has 0 amide bonds. The predicted octanol–water partition coefficient (Wildman–Crippen LogP) is 1.47. The summed E-state index contributed by atoms with van der Waals surface area (Å²) in [7, 11) is 0. The third-order valence-electron chi connectivity index (χ3n) is 6.36. The Morgan fingerprint density at radius 2 is 1.82 bits per heavy atom. The molecule has 3 nitrogen and oxygen atoms in total. The Morgan fingerprint density at radius 3 is 2.35 bits per heavy atom. The van der Waals surface area contributed by atoms with E-state index in [0.717, 1.165) is 32.2 Å². The Bertz CT molecular complexity index is 311. The molecule has 3 rings (SSSR count). The zero-order chi connectivity index (χ0) is 12.3. The van der Waals surface area contributed by atoms with E-state index in [-0.39, 0.29) is 0 Å². The SMILES string of the molecule is CC1(C)C2CCC1(C)[C@H](N)[C@@H]2N1CCOCC1. The maximum Gasteiger partial charge on any atom is 0.0594 e. The van der Waals surface area contributed by atoms with E-state index in [1.807, 2.05) is 0 Å². The first kappa shape index (κ1) is 11.9. The molecule has 2 saturated carbocycles. The van der Waals surface area contributed by atoms with Gasteiger partial charge >= 0.3 is 0 Å². The third-order valence-corrected chi connectivity index (χ3v) is 6.36. The van der Waals surface area contributed by atoms with Gasteiger partial charge in [-0.05, 0) is 29.6 Å². The number of ether oxygens (including phenoxy) is 1. The van der Waals surface area contributed by atoms with Crippen molar-refractivity contribution in [2.75, 3.05) is 26.3 Å². The fourth-order valence-electron chi connectivity index (χ4n) is 4.74. The third kappa shape index (κ3) is 1.39. The lowest BCUT2D eigenvalue weighted by Gasteiger charge is -2.42. The predicted molar refractivity (Wildman–Crippen MR) is 68.8 cm³/mol. The summed E-state index contributed by atoms with van der Waals surface area (Å²) in [5.74, 6) is 0.778. The Balaban J connectivity index is 1.88. The summed E-state index contributed by atoms with van der Waals surface area (Å²) in [6.45, 7) is 11.2. The molecule has 3 heteroatoms. The lowest BCUT2D eigenvalue weighted by Crippen LogP contribution is -2.56. The minimum atomic E-state index is 0.334. The van der Waals surface area contributed by atoms with E-state index in [1.54, 1.807) is 0 Å². The van der Waals surface area contributed by atoms with Gasteiger partial charge in [-0.2, -0.15) is 0 Å². The van der Waals surface area contributed by atoms with Gasteiger partial charge in [0.2, 0.25) is 0 Å². The van der Waals surface area contributed by atoms with Crippen molar-refractivity contribution in [3.05, 3.63) is 0 Å². The highest BCUT2D eigenvalue weighted by Crippen LogP contribution is 2.65. The Hall–Kier alpha value is -0.120. The van der Waals surface area contributed by atoms with Gasteiger partial charge in [-0.15, -0.1) is 0 Å². The van der Waals surface area contributed by atoms with Crippen LogP contribution in [0.15, 0.2) is 0 Å². The summed E-state index contributed by atoms with van der Waals surface area (Å²) in [6, 6.07) is 0.932. The summed E-state index contributed by atoms with van der Waals surface area (Å²) >= 11 is 0. The molecule has 1 heterocycles. The van der Waals surface area contributed by atoms with Gasteiger partial charge < -0.3 is 10.5 Å². The molecule has 4 atom stereocenters. The van der Waals surface area contributed by atoms with Crippen molar-refractivity contribution in [1.82, 2.24) is 4.90 Å². The second kappa shape index (κ2) is 3.69. The quantitative estimate of drug-likeness (QED) is 0.752. The van der Waals surface area contributed by atoms with E-state index in [9.17, 15) is 0 Å². The van der Waals surface area contributed by atoms with Crippen LogP contribution in [0.5, 0.6) is 0 Å². The van der Waals surface area contributed by atoms with Gasteiger partial charge in [-0.25, -0.2) is 0 Å². The molecule has 17 heavy (non-hydrogen) atoms. The fraction of sp³-hybridized carbons (Fsp3) is 1.00. The molecule has 1 aliphatic heterocycles. The maximum atomic E-state index is 6.62. The number of fused-ring (bicyclic) bond motifs is 2. The normalized spacial score (nSPS) is 49.8. The largest absolute Gasteiger partial charge is 0.379 e. The smallest absolute Gasteiger partial charge is 0.0594 e. The molecule has 3 aliphatic rings. The van der Waals surface area contributed by atoms with E-state index in [2.05, 4.69) is 25.7 Å². The standard InChI is InChI=1S/C14H26N2O/c1-13(2)10-4-5-14(13,3)12(15)11(10)16-6-8-17-9-7-16/h10-12H,4-9,15H2,1-3H3/t10?,11-,12-,14?/m1/s1. The number of nitrogens with two attached hydrogens (primary N) is 1. The highest BCUT2D eigenvalue weighted by molar-refractivity contribution is 5.19. The number of hydrogen-bond acceptors (Lipinski definition) is 3. The summed E-state index contributed by atoms with van der Waals surface area (Å²) in [6.07, 6.45) is 2.67. The van der Waals surface area contributed by atoms with Crippen LogP contribution in [0.2, 0.25) is 0 Å². The van der Waals surface area contributed by atoms with Crippen LogP contribution in [-0.2, 0) is 4.74 Å². The topological polar surface area (TPSA) is 38.5 Å². The Morgan fingerprint density at radius 1 is 1.18 bits per heavy atom. The summed E-state index contributed by atoms with van der Waals surface area (Å²) in [4.78, 5) is 2.60. The molecule has 2 unspecified atom stereocenters. The van der Waals surface area contributed by atoms with Crippen LogP contribution < -0.4 is 5.73 Å². The number of nitrogens with zero attached hydrogens (tertiary/aromatic N) is 1. The first-order chi connectivity index (χ1) is 7.98. The van der Waals surface area contributed by atoms with E-state index < -0.39 is 0 Å². The van der Waals surface area contributed by atoms with Crippen molar-refractivity contribution < 1.29 is 4.74 Å². The molecule has 0 aromatic carbocycles.